The molecular formula is C72H130N12O15S2. The number of carbonyl (C=O) groups is 8. The highest BCUT2D eigenvalue weighted by Gasteiger charge is 2.32. The minimum atomic E-state index is -1.43. The number of hydrogen-bond donors (Lipinski definition) is 15. The average Bonchev–Trinajstić information content (AvgIpc) is 1.19. The molecule has 0 bridgehead atoms. The second kappa shape index (κ2) is 61.3. The van der Waals surface area contributed by atoms with Crippen LogP contribution in [-0.2, 0) is 63.7 Å². The fourth-order valence-corrected chi connectivity index (χ4v) is 13.7. The van der Waals surface area contributed by atoms with Crippen LogP contribution in [0.5, 0.6) is 0 Å². The van der Waals surface area contributed by atoms with E-state index in [0.717, 1.165) is 50.6 Å². The van der Waals surface area contributed by atoms with Crippen molar-refractivity contribution in [2.75, 3.05) is 97.1 Å². The summed E-state index contributed by atoms with van der Waals surface area (Å²) < 4.78 is 21.9. The monoisotopic (exact) mass is 1470 g/mol. The van der Waals surface area contributed by atoms with Crippen LogP contribution in [0.1, 0.15) is 206 Å². The maximum atomic E-state index is 14.2. The van der Waals surface area contributed by atoms with Crippen LogP contribution in [0.25, 0.3) is 0 Å². The highest BCUT2D eigenvalue weighted by molar-refractivity contribution is 8.76. The minimum Gasteiger partial charge on any atom is -0.379 e. The molecule has 1 heterocycles. The first-order valence-electron chi connectivity index (χ1n) is 37.3. The van der Waals surface area contributed by atoms with Gasteiger partial charge < -0.3 is 83.0 Å². The van der Waals surface area contributed by atoms with Crippen LogP contribution in [0, 0.1) is 0 Å². The summed E-state index contributed by atoms with van der Waals surface area (Å²) in [7, 11) is 2.52. The molecule has 1 aromatic rings. The molecule has 1 aliphatic heterocycles. The number of hydrogen-bond acceptors (Lipinski definition) is 21. The van der Waals surface area contributed by atoms with Gasteiger partial charge in [-0.3, -0.25) is 54.3 Å². The van der Waals surface area contributed by atoms with Crippen molar-refractivity contribution in [2.45, 2.75) is 262 Å². The molecule has 17 N–H and O–H groups in total. The van der Waals surface area contributed by atoms with E-state index in [9.17, 15) is 53.7 Å². The van der Waals surface area contributed by atoms with Crippen molar-refractivity contribution in [3.63, 3.8) is 0 Å². The molecule has 1 saturated heterocycles. The fraction of sp³-hybridized carbons (Fsp3) is 0.778. The van der Waals surface area contributed by atoms with Gasteiger partial charge in [-0.15, -0.1) is 6.58 Å². The van der Waals surface area contributed by atoms with Gasteiger partial charge in [0.1, 0.15) is 44.0 Å². The van der Waals surface area contributed by atoms with E-state index < -0.39 is 84.5 Å². The van der Waals surface area contributed by atoms with Crippen molar-refractivity contribution in [1.29, 1.82) is 0 Å². The van der Waals surface area contributed by atoms with Gasteiger partial charge in [0.15, 0.2) is 0 Å². The first kappa shape index (κ1) is 92.1. The van der Waals surface area contributed by atoms with E-state index in [0.29, 0.717) is 64.6 Å². The average molecular weight is 1470 g/mol. The topological polar surface area (TPSA) is 407 Å². The third kappa shape index (κ3) is 51.7. The Morgan fingerprint density at radius 2 is 1.12 bits per heavy atom. The summed E-state index contributed by atoms with van der Waals surface area (Å²) in [5, 5.41) is 63.1. The van der Waals surface area contributed by atoms with Crippen molar-refractivity contribution in [3.8, 4) is 0 Å². The molecule has 0 aromatic heterocycles. The van der Waals surface area contributed by atoms with Crippen molar-refractivity contribution in [2.24, 2.45) is 11.5 Å². The lowest BCUT2D eigenvalue weighted by molar-refractivity contribution is -0.132. The number of unbranched alkanes of at least 4 members (excludes halogenated alkanes) is 15. The van der Waals surface area contributed by atoms with Crippen LogP contribution >= 0.6 is 21.6 Å². The van der Waals surface area contributed by atoms with E-state index in [1.165, 1.54) is 105 Å². The van der Waals surface area contributed by atoms with Gasteiger partial charge in [0.05, 0.1) is 51.7 Å². The van der Waals surface area contributed by atoms with Crippen LogP contribution in [-0.4, -0.2) is 215 Å². The third-order valence-corrected chi connectivity index (χ3v) is 19.3. The number of rotatable bonds is 54. The molecular weight excluding hydrogens is 1340 g/mol. The molecule has 8 amide bonds. The number of nitrogens with one attached hydrogen (secondary N) is 10. The first-order valence-corrected chi connectivity index (χ1v) is 39.8. The molecule has 1 aliphatic rings. The first-order chi connectivity index (χ1) is 48.8. The maximum Gasteiger partial charge on any atom is 0.246 e. The van der Waals surface area contributed by atoms with Crippen molar-refractivity contribution in [3.05, 3.63) is 48.0 Å². The number of benzene rings is 1. The zero-order chi connectivity index (χ0) is 73.9. The van der Waals surface area contributed by atoms with Gasteiger partial charge in [-0.25, -0.2) is 0 Å². The van der Waals surface area contributed by atoms with E-state index >= 15 is 0 Å². The zero-order valence-corrected chi connectivity index (χ0v) is 62.7. The molecule has 9 atom stereocenters. The van der Waals surface area contributed by atoms with Gasteiger partial charge in [0.25, 0.3) is 0 Å². The summed E-state index contributed by atoms with van der Waals surface area (Å²) in [4.78, 5) is 104. The van der Waals surface area contributed by atoms with Crippen LogP contribution in [0.15, 0.2) is 42.5 Å². The molecule has 2 rings (SSSR count). The standard InChI is InChI=1S/C72H130N12O15S2/c1-5-28-59-71(94)84-61(70(93)80-57(47-56-30-19-16-20-31-56)49-66(89)82-60(32-23-25-36-73)69(92)81-58(48-63(74)86)52-100-101-53-62(72(95)83-59)79-55(4)85)33-24-27-38-76-67(90)50-98-45-44-97-42-40-78-68(91)51-99-46-43-96-41-39-77-65(88)35-22-17-26-37-75-64(87)34-21-15-13-11-9-7-6-8-10-12-14-18-29-54(2)3/h16,19-20,30-31,57-62,64,69-70,75,80-81,87,92-93H,2,5-15,17-18,21-29,32-53,73H2,1,3-4H3,(H2,74,86)(H,76,90)(H,77,88)(H,78,91)(H,79,85)(H,82,89)(H,83,95)(H,84,94)/t57-,58?,59-,60?,61-,62-,64?,69?,70?/m0/s1. The van der Waals surface area contributed by atoms with Gasteiger partial charge in [-0.2, -0.15) is 0 Å². The van der Waals surface area contributed by atoms with Gasteiger partial charge in [0.2, 0.25) is 47.3 Å². The molecule has 1 fully saturated rings. The maximum absolute atomic E-state index is 14.2. The van der Waals surface area contributed by atoms with E-state index in [2.05, 4.69) is 66.7 Å². The van der Waals surface area contributed by atoms with E-state index in [4.69, 9.17) is 30.4 Å². The van der Waals surface area contributed by atoms with Gasteiger partial charge in [-0.1, -0.05) is 148 Å². The Morgan fingerprint density at radius 3 is 1.71 bits per heavy atom. The number of aliphatic hydroxyl groups excluding tert-OH is 3. The molecule has 5 unspecified atom stereocenters. The number of aliphatic hydroxyl groups is 3. The second-order valence-electron chi connectivity index (χ2n) is 26.3. The number of amides is 8. The summed E-state index contributed by atoms with van der Waals surface area (Å²) in [5.41, 5.74) is 13.6. The molecule has 1 aromatic carbocycles. The van der Waals surface area contributed by atoms with Crippen molar-refractivity contribution < 1.29 is 72.6 Å². The Balaban J connectivity index is 1.72. The molecule has 0 spiro atoms. The second-order valence-corrected chi connectivity index (χ2v) is 28.9. The predicted octanol–water partition coefficient (Wildman–Crippen LogP) is 4.42. The highest BCUT2D eigenvalue weighted by atomic mass is 33.1. The molecule has 580 valence electrons. The lowest BCUT2D eigenvalue weighted by Gasteiger charge is -2.32. The summed E-state index contributed by atoms with van der Waals surface area (Å²) in [6, 6.07) is 4.08. The quantitative estimate of drug-likeness (QED) is 0.0186. The summed E-state index contributed by atoms with van der Waals surface area (Å²) >= 11 is 0. The predicted molar refractivity (Wildman–Crippen MR) is 399 cm³/mol. The Labute approximate surface area is 610 Å². The SMILES string of the molecule is C=C(C)CCCCCCCCCCCCCCC(O)NCCCCCC(=O)NCCOCCOCC(=O)NCCOCCOCC(=O)NCCCC[C@@H]1NC(=O)[C@H](CCC)NC(=O)[C@@H](NC(C)=O)CSSCC(CC(N)=O)NC(O)C(CCCCN)NC(=O)C[C@H](Cc2ccccc2)NC1O. The highest BCUT2D eigenvalue weighted by Crippen LogP contribution is 2.25. The van der Waals surface area contributed by atoms with Crippen LogP contribution in [0.4, 0.5) is 0 Å². The van der Waals surface area contributed by atoms with Gasteiger partial charge in [-0.05, 0) is 109 Å². The summed E-state index contributed by atoms with van der Waals surface area (Å²) in [6.07, 6.45) is 20.3. The molecule has 0 saturated carbocycles. The Morgan fingerprint density at radius 1 is 0.594 bits per heavy atom. The Bertz CT molecular complexity index is 2400. The number of ether oxygens (including phenoxy) is 4. The minimum absolute atomic E-state index is 0.0314. The molecule has 0 radical (unpaired) electrons. The number of allylic oxidation sites excluding steroid dienone is 1. The lowest BCUT2D eigenvalue weighted by atomic mass is 10.00. The zero-order valence-electron chi connectivity index (χ0n) is 61.1. The number of carbonyl (C=O) groups excluding carboxylic acids is 8. The van der Waals surface area contributed by atoms with E-state index in [1.54, 1.807) is 0 Å². The third-order valence-electron chi connectivity index (χ3n) is 16.8. The molecule has 101 heavy (non-hydrogen) atoms. The van der Waals surface area contributed by atoms with Gasteiger partial charge >= 0.3 is 0 Å². The summed E-state index contributed by atoms with van der Waals surface area (Å²) in [5.74, 6) is -3.13. The Hall–Kier alpha value is -5.02. The van der Waals surface area contributed by atoms with Crippen LogP contribution in [0.3, 0.4) is 0 Å². The molecule has 27 nitrogen and oxygen atoms in total. The van der Waals surface area contributed by atoms with Crippen molar-refractivity contribution >= 4 is 68.8 Å². The number of primary amides is 1. The van der Waals surface area contributed by atoms with E-state index in [-0.39, 0.29) is 121 Å². The van der Waals surface area contributed by atoms with Gasteiger partial charge in [0, 0.05) is 69.4 Å². The molecule has 29 heteroatoms. The van der Waals surface area contributed by atoms with Crippen molar-refractivity contribution in [1.82, 2.24) is 53.2 Å². The smallest absolute Gasteiger partial charge is 0.246 e. The fourth-order valence-electron chi connectivity index (χ4n) is 11.3. The Kier molecular flexibility index (Phi) is 55.9. The lowest BCUT2D eigenvalue weighted by Crippen LogP contribution is -2.59. The summed E-state index contributed by atoms with van der Waals surface area (Å²) in [6.45, 7) is 12.1. The number of nitrogens with two attached hydrogens (primary N) is 2. The van der Waals surface area contributed by atoms with Crippen LogP contribution < -0.4 is 64.6 Å². The molecule has 0 aliphatic carbocycles. The van der Waals surface area contributed by atoms with E-state index in [1.807, 2.05) is 37.3 Å². The normalized spacial score (nSPS) is 20.1. The van der Waals surface area contributed by atoms with Crippen LogP contribution in [0.2, 0.25) is 0 Å². The largest absolute Gasteiger partial charge is 0.379 e.